The first kappa shape index (κ1) is 15.9. The minimum absolute atomic E-state index is 0.387. The number of hydrogen-bond donors (Lipinski definition) is 1. The Morgan fingerprint density at radius 2 is 1.71 bits per heavy atom. The third kappa shape index (κ3) is 4.76. The van der Waals surface area contributed by atoms with E-state index in [0.717, 1.165) is 18.0 Å². The van der Waals surface area contributed by atoms with Gasteiger partial charge in [0.2, 0.25) is 0 Å². The molecule has 1 atom stereocenters. The zero-order valence-electron chi connectivity index (χ0n) is 12.9. The summed E-state index contributed by atoms with van der Waals surface area (Å²) in [7, 11) is 4.11. The molecule has 0 aliphatic carbocycles. The molecule has 3 heteroatoms. The van der Waals surface area contributed by atoms with E-state index in [2.05, 4.69) is 61.6 Å². The molecule has 21 heavy (non-hydrogen) atoms. The highest BCUT2D eigenvalue weighted by atomic mass is 35.5. The average Bonchev–Trinajstić information content (AvgIpc) is 2.48. The van der Waals surface area contributed by atoms with Gasteiger partial charge >= 0.3 is 0 Å². The summed E-state index contributed by atoms with van der Waals surface area (Å²) in [5.41, 5.74) is 3.72. The van der Waals surface area contributed by atoms with Gasteiger partial charge in [0.05, 0.1) is 0 Å². The molecule has 2 rings (SSSR count). The van der Waals surface area contributed by atoms with Crippen molar-refractivity contribution in [2.75, 3.05) is 19.0 Å². The number of hydrogen-bond acceptors (Lipinski definition) is 2. The van der Waals surface area contributed by atoms with Gasteiger partial charge in [-0.3, -0.25) is 0 Å². The van der Waals surface area contributed by atoms with E-state index in [1.807, 2.05) is 18.2 Å². The third-order valence-electron chi connectivity index (χ3n) is 3.59. The number of rotatable bonds is 6. The predicted molar refractivity (Wildman–Crippen MR) is 92.2 cm³/mol. The quantitative estimate of drug-likeness (QED) is 0.863. The molecule has 0 aliphatic heterocycles. The Morgan fingerprint density at radius 3 is 2.33 bits per heavy atom. The Bertz CT molecular complexity index is 564. The minimum Gasteiger partial charge on any atom is -0.378 e. The van der Waals surface area contributed by atoms with Crippen LogP contribution >= 0.6 is 11.6 Å². The van der Waals surface area contributed by atoms with E-state index in [4.69, 9.17) is 11.6 Å². The molecule has 0 heterocycles. The van der Waals surface area contributed by atoms with Gasteiger partial charge in [0.15, 0.2) is 0 Å². The van der Waals surface area contributed by atoms with Gasteiger partial charge in [0, 0.05) is 37.4 Å². The lowest BCUT2D eigenvalue weighted by Crippen LogP contribution is -2.27. The normalized spacial score (nSPS) is 12.2. The van der Waals surface area contributed by atoms with Gasteiger partial charge in [-0.25, -0.2) is 0 Å². The van der Waals surface area contributed by atoms with Crippen LogP contribution in [0.4, 0.5) is 5.69 Å². The molecule has 0 aromatic heterocycles. The molecule has 0 spiro atoms. The monoisotopic (exact) mass is 302 g/mol. The SMILES string of the molecule is CC(Cc1ccccc1Cl)NCc1ccc(N(C)C)cc1. The minimum atomic E-state index is 0.387. The van der Waals surface area contributed by atoms with Gasteiger partial charge < -0.3 is 10.2 Å². The van der Waals surface area contributed by atoms with Crippen LogP contribution in [0.3, 0.4) is 0 Å². The van der Waals surface area contributed by atoms with Gasteiger partial charge in [-0.05, 0) is 42.7 Å². The number of nitrogens with one attached hydrogen (secondary N) is 1. The number of nitrogens with zero attached hydrogens (tertiary/aromatic N) is 1. The van der Waals surface area contributed by atoms with Gasteiger partial charge in [-0.1, -0.05) is 41.9 Å². The van der Waals surface area contributed by atoms with Gasteiger partial charge in [0.25, 0.3) is 0 Å². The molecule has 2 nitrogen and oxygen atoms in total. The number of halogens is 1. The lowest BCUT2D eigenvalue weighted by molar-refractivity contribution is 0.545. The fourth-order valence-corrected chi connectivity index (χ4v) is 2.48. The largest absolute Gasteiger partial charge is 0.378 e. The number of anilines is 1. The van der Waals surface area contributed by atoms with Crippen molar-refractivity contribution in [2.24, 2.45) is 0 Å². The molecule has 1 N–H and O–H groups in total. The molecule has 1 unspecified atom stereocenters. The highest BCUT2D eigenvalue weighted by Gasteiger charge is 2.06. The molecule has 0 amide bonds. The Balaban J connectivity index is 1.86. The van der Waals surface area contributed by atoms with Gasteiger partial charge in [-0.2, -0.15) is 0 Å². The van der Waals surface area contributed by atoms with E-state index < -0.39 is 0 Å². The summed E-state index contributed by atoms with van der Waals surface area (Å²) in [6, 6.07) is 17.1. The molecule has 0 aliphatic rings. The van der Waals surface area contributed by atoms with Crippen LogP contribution in [-0.4, -0.2) is 20.1 Å². The molecule has 0 saturated heterocycles. The Hall–Kier alpha value is -1.51. The Kier molecular flexibility index (Phi) is 5.66. The molecule has 0 radical (unpaired) electrons. The second-order valence-electron chi connectivity index (χ2n) is 5.64. The zero-order chi connectivity index (χ0) is 15.2. The molecule has 2 aromatic carbocycles. The first-order chi connectivity index (χ1) is 10.1. The fraction of sp³-hybridized carbons (Fsp3) is 0.333. The standard InChI is InChI=1S/C18H23ClN2/c1-14(12-16-6-4-5-7-18(16)19)20-13-15-8-10-17(11-9-15)21(2)3/h4-11,14,20H,12-13H2,1-3H3. The second-order valence-corrected chi connectivity index (χ2v) is 6.05. The van der Waals surface area contributed by atoms with Crippen LogP contribution in [0.15, 0.2) is 48.5 Å². The van der Waals surface area contributed by atoms with Crippen LogP contribution in [0.2, 0.25) is 5.02 Å². The average molecular weight is 303 g/mol. The van der Waals surface area contributed by atoms with Crippen molar-refractivity contribution in [1.29, 1.82) is 0 Å². The summed E-state index contributed by atoms with van der Waals surface area (Å²) >= 11 is 6.20. The summed E-state index contributed by atoms with van der Waals surface area (Å²) in [6.07, 6.45) is 0.940. The topological polar surface area (TPSA) is 15.3 Å². The number of benzene rings is 2. The van der Waals surface area contributed by atoms with E-state index in [-0.39, 0.29) is 0 Å². The first-order valence-corrected chi connectivity index (χ1v) is 7.67. The maximum absolute atomic E-state index is 6.20. The van der Waals surface area contributed by atoms with E-state index in [9.17, 15) is 0 Å². The maximum Gasteiger partial charge on any atom is 0.0438 e. The third-order valence-corrected chi connectivity index (χ3v) is 3.96. The molecule has 0 saturated carbocycles. The summed E-state index contributed by atoms with van der Waals surface area (Å²) in [6.45, 7) is 3.07. The van der Waals surface area contributed by atoms with Crippen LogP contribution in [0, 0.1) is 0 Å². The molecule has 0 bridgehead atoms. The first-order valence-electron chi connectivity index (χ1n) is 7.29. The van der Waals surface area contributed by atoms with E-state index in [1.165, 1.54) is 16.8 Å². The van der Waals surface area contributed by atoms with Crippen molar-refractivity contribution < 1.29 is 0 Å². The van der Waals surface area contributed by atoms with Crippen LogP contribution in [0.25, 0.3) is 0 Å². The van der Waals surface area contributed by atoms with Crippen LogP contribution in [0.1, 0.15) is 18.1 Å². The highest BCUT2D eigenvalue weighted by Crippen LogP contribution is 2.17. The van der Waals surface area contributed by atoms with Crippen molar-refractivity contribution in [2.45, 2.75) is 25.9 Å². The van der Waals surface area contributed by atoms with E-state index in [1.54, 1.807) is 0 Å². The summed E-state index contributed by atoms with van der Waals surface area (Å²) in [5.74, 6) is 0. The van der Waals surface area contributed by atoms with E-state index in [0.29, 0.717) is 6.04 Å². The smallest absolute Gasteiger partial charge is 0.0438 e. The van der Waals surface area contributed by atoms with Crippen LogP contribution < -0.4 is 10.2 Å². The predicted octanol–water partition coefficient (Wildman–Crippen LogP) is 4.13. The van der Waals surface area contributed by atoms with E-state index >= 15 is 0 Å². The van der Waals surface area contributed by atoms with Crippen LogP contribution in [0.5, 0.6) is 0 Å². The maximum atomic E-state index is 6.20. The summed E-state index contributed by atoms with van der Waals surface area (Å²) < 4.78 is 0. The molecular weight excluding hydrogens is 280 g/mol. The van der Waals surface area contributed by atoms with Gasteiger partial charge in [0.1, 0.15) is 0 Å². The molecule has 2 aromatic rings. The van der Waals surface area contributed by atoms with Crippen molar-refractivity contribution in [3.8, 4) is 0 Å². The molecule has 0 fully saturated rings. The second kappa shape index (κ2) is 7.48. The Morgan fingerprint density at radius 1 is 1.05 bits per heavy atom. The van der Waals surface area contributed by atoms with Crippen LogP contribution in [-0.2, 0) is 13.0 Å². The Labute approximate surface area is 132 Å². The molecule has 112 valence electrons. The van der Waals surface area contributed by atoms with Crippen molar-refractivity contribution in [3.63, 3.8) is 0 Å². The van der Waals surface area contributed by atoms with Crippen molar-refractivity contribution in [3.05, 3.63) is 64.7 Å². The summed E-state index contributed by atoms with van der Waals surface area (Å²) in [4.78, 5) is 2.11. The lowest BCUT2D eigenvalue weighted by Gasteiger charge is -2.16. The summed E-state index contributed by atoms with van der Waals surface area (Å²) in [5, 5.41) is 4.40. The van der Waals surface area contributed by atoms with Crippen molar-refractivity contribution in [1.82, 2.24) is 5.32 Å². The highest BCUT2D eigenvalue weighted by molar-refractivity contribution is 6.31. The zero-order valence-corrected chi connectivity index (χ0v) is 13.7. The van der Waals surface area contributed by atoms with Crippen molar-refractivity contribution >= 4 is 17.3 Å². The molecular formula is C18H23ClN2. The van der Waals surface area contributed by atoms with Gasteiger partial charge in [-0.15, -0.1) is 0 Å². The lowest BCUT2D eigenvalue weighted by atomic mass is 10.1. The fourth-order valence-electron chi connectivity index (χ4n) is 2.27.